The molecule has 2 aromatic rings. The maximum absolute atomic E-state index is 13.3. The van der Waals surface area contributed by atoms with Gasteiger partial charge in [0.05, 0.1) is 5.69 Å². The van der Waals surface area contributed by atoms with Gasteiger partial charge in [0.15, 0.2) is 11.5 Å². The van der Waals surface area contributed by atoms with Gasteiger partial charge < -0.3 is 10.1 Å². The molecule has 1 aliphatic carbocycles. The molecule has 2 aliphatic rings. The number of benzene rings is 2. The van der Waals surface area contributed by atoms with Crippen LogP contribution in [-0.4, -0.2) is 24.4 Å². The van der Waals surface area contributed by atoms with Crippen LogP contribution in [0.1, 0.15) is 44.2 Å². The number of nitrogens with zero attached hydrogens (tertiary/aromatic N) is 1. The summed E-state index contributed by atoms with van der Waals surface area (Å²) in [7, 11) is 0. The molecule has 1 saturated carbocycles. The van der Waals surface area contributed by atoms with Crippen molar-refractivity contribution >= 4 is 23.6 Å². The van der Waals surface area contributed by atoms with Gasteiger partial charge in [-0.25, -0.2) is 0 Å². The molecule has 31 heavy (non-hydrogen) atoms. The Morgan fingerprint density at radius 2 is 1.97 bits per heavy atom. The molecule has 4 rings (SSSR count). The van der Waals surface area contributed by atoms with E-state index in [1.54, 1.807) is 6.08 Å². The minimum Gasteiger partial charge on any atom is -0.449 e. The molecule has 0 saturated heterocycles. The van der Waals surface area contributed by atoms with Crippen LogP contribution in [0.25, 0.3) is 6.08 Å². The number of rotatable bonds is 4. The van der Waals surface area contributed by atoms with Crippen LogP contribution in [-0.2, 0) is 9.59 Å². The van der Waals surface area contributed by atoms with Gasteiger partial charge in [0, 0.05) is 6.04 Å². The van der Waals surface area contributed by atoms with E-state index in [0.29, 0.717) is 23.3 Å². The molecule has 0 unspecified atom stereocenters. The monoisotopic (exact) mass is 418 g/mol. The third-order valence-corrected chi connectivity index (χ3v) is 6.53. The molecule has 1 fully saturated rings. The van der Waals surface area contributed by atoms with Gasteiger partial charge in [-0.2, -0.15) is 0 Å². The molecular weight excluding hydrogens is 388 g/mol. The molecule has 1 heterocycles. The quantitative estimate of drug-likeness (QED) is 0.732. The lowest BCUT2D eigenvalue weighted by Gasteiger charge is -2.35. The minimum atomic E-state index is -0.305. The maximum Gasteiger partial charge on any atom is 0.294 e. The molecule has 1 N–H and O–H groups in total. The molecule has 162 valence electrons. The second-order valence-corrected chi connectivity index (χ2v) is 8.83. The summed E-state index contributed by atoms with van der Waals surface area (Å²) in [5.74, 6) is 1.38. The zero-order valence-electron chi connectivity index (χ0n) is 18.4. The Bertz CT molecular complexity index is 1010. The standard InChI is InChI=1S/C26H30N2O3/c1-17-8-6-10-20(14-17)15-24-26(30)28(22-12-4-5-13-23(22)31-24)16-25(29)27-21-11-7-9-18(2)19(21)3/h4-6,8,10,12-15,18-19,21H,7,9,11,16H2,1-3H3,(H,27,29)/b24-15+/t18-,19-,21+/m0/s1. The number of nitrogens with one attached hydrogen (secondary N) is 1. The highest BCUT2D eigenvalue weighted by atomic mass is 16.5. The van der Waals surface area contributed by atoms with Gasteiger partial charge in [0.1, 0.15) is 6.54 Å². The maximum atomic E-state index is 13.3. The number of amides is 2. The lowest BCUT2D eigenvalue weighted by molar-refractivity contribution is -0.124. The number of para-hydroxylation sites is 2. The number of carbonyl (C=O) groups excluding carboxylic acids is 2. The Labute approximate surface area is 184 Å². The van der Waals surface area contributed by atoms with Gasteiger partial charge in [-0.3, -0.25) is 14.5 Å². The molecule has 3 atom stereocenters. The van der Waals surface area contributed by atoms with Crippen molar-refractivity contribution in [3.63, 3.8) is 0 Å². The fourth-order valence-electron chi connectivity index (χ4n) is 4.51. The van der Waals surface area contributed by atoms with Crippen molar-refractivity contribution in [1.29, 1.82) is 0 Å². The Kier molecular flexibility index (Phi) is 6.12. The fraction of sp³-hybridized carbons (Fsp3) is 0.385. The molecular formula is C26H30N2O3. The average Bonchev–Trinajstić information content (AvgIpc) is 2.74. The van der Waals surface area contributed by atoms with Crippen molar-refractivity contribution in [3.8, 4) is 5.75 Å². The molecule has 0 spiro atoms. The Morgan fingerprint density at radius 3 is 2.77 bits per heavy atom. The number of ether oxygens (including phenoxy) is 1. The summed E-state index contributed by atoms with van der Waals surface area (Å²) < 4.78 is 5.92. The lowest BCUT2D eigenvalue weighted by Crippen LogP contribution is -2.49. The number of carbonyl (C=O) groups is 2. The van der Waals surface area contributed by atoms with Crippen LogP contribution < -0.4 is 15.0 Å². The van der Waals surface area contributed by atoms with Crippen LogP contribution in [0.15, 0.2) is 54.3 Å². The van der Waals surface area contributed by atoms with E-state index in [2.05, 4.69) is 19.2 Å². The number of aryl methyl sites for hydroxylation is 1. The van der Waals surface area contributed by atoms with Gasteiger partial charge >= 0.3 is 0 Å². The average molecular weight is 419 g/mol. The molecule has 5 heteroatoms. The Morgan fingerprint density at radius 1 is 1.16 bits per heavy atom. The fourth-order valence-corrected chi connectivity index (χ4v) is 4.51. The van der Waals surface area contributed by atoms with Crippen molar-refractivity contribution in [3.05, 3.63) is 65.4 Å². The van der Waals surface area contributed by atoms with Crippen molar-refractivity contribution in [1.82, 2.24) is 5.32 Å². The Balaban J connectivity index is 1.57. The van der Waals surface area contributed by atoms with Gasteiger partial charge in [-0.1, -0.05) is 68.7 Å². The summed E-state index contributed by atoms with van der Waals surface area (Å²) in [6.45, 7) is 6.42. The molecule has 5 nitrogen and oxygen atoms in total. The highest BCUT2D eigenvalue weighted by molar-refractivity contribution is 6.12. The lowest BCUT2D eigenvalue weighted by atomic mass is 9.78. The summed E-state index contributed by atoms with van der Waals surface area (Å²) in [5, 5.41) is 3.18. The van der Waals surface area contributed by atoms with Crippen LogP contribution >= 0.6 is 0 Å². The summed E-state index contributed by atoms with van der Waals surface area (Å²) in [6.07, 6.45) is 5.06. The number of anilines is 1. The van der Waals surface area contributed by atoms with E-state index in [1.807, 2.05) is 55.5 Å². The van der Waals surface area contributed by atoms with Crippen LogP contribution in [0, 0.1) is 18.8 Å². The topological polar surface area (TPSA) is 58.6 Å². The van der Waals surface area contributed by atoms with Gasteiger partial charge in [0.2, 0.25) is 5.91 Å². The first-order valence-electron chi connectivity index (χ1n) is 11.1. The van der Waals surface area contributed by atoms with E-state index in [9.17, 15) is 9.59 Å². The van der Waals surface area contributed by atoms with E-state index in [0.717, 1.165) is 24.0 Å². The van der Waals surface area contributed by atoms with Crippen LogP contribution in [0.2, 0.25) is 0 Å². The summed E-state index contributed by atoms with van der Waals surface area (Å²) >= 11 is 0. The Hall–Kier alpha value is -3.08. The van der Waals surface area contributed by atoms with Crippen LogP contribution in [0.4, 0.5) is 5.69 Å². The van der Waals surface area contributed by atoms with E-state index in [4.69, 9.17) is 4.74 Å². The first-order valence-corrected chi connectivity index (χ1v) is 11.1. The van der Waals surface area contributed by atoms with Gasteiger partial charge in [0.25, 0.3) is 5.91 Å². The normalized spacial score (nSPS) is 24.5. The summed E-state index contributed by atoms with van der Waals surface area (Å²) in [5.41, 5.74) is 2.61. The molecule has 0 radical (unpaired) electrons. The predicted octanol–water partition coefficient (Wildman–Crippen LogP) is 4.70. The van der Waals surface area contributed by atoms with Crippen molar-refractivity contribution in [2.24, 2.45) is 11.8 Å². The first-order chi connectivity index (χ1) is 14.9. The first kappa shape index (κ1) is 21.2. The van der Waals surface area contributed by atoms with Crippen molar-refractivity contribution in [2.45, 2.75) is 46.1 Å². The number of hydrogen-bond acceptors (Lipinski definition) is 3. The largest absolute Gasteiger partial charge is 0.449 e. The molecule has 0 bridgehead atoms. The molecule has 2 aromatic carbocycles. The molecule has 1 aliphatic heterocycles. The zero-order chi connectivity index (χ0) is 22.0. The van der Waals surface area contributed by atoms with E-state index in [1.165, 1.54) is 11.3 Å². The third kappa shape index (κ3) is 4.66. The van der Waals surface area contributed by atoms with Crippen LogP contribution in [0.3, 0.4) is 0 Å². The van der Waals surface area contributed by atoms with E-state index in [-0.39, 0.29) is 30.2 Å². The van der Waals surface area contributed by atoms with Gasteiger partial charge in [-0.05, 0) is 49.0 Å². The molecule has 0 aromatic heterocycles. The smallest absolute Gasteiger partial charge is 0.294 e. The number of hydrogen-bond donors (Lipinski definition) is 1. The SMILES string of the molecule is Cc1cccc(/C=C2/Oc3ccccc3N(CC(=O)N[C@@H]3CCC[C@H](C)[C@@H]3C)C2=O)c1. The zero-order valence-corrected chi connectivity index (χ0v) is 18.4. The van der Waals surface area contributed by atoms with E-state index < -0.39 is 0 Å². The highest BCUT2D eigenvalue weighted by Crippen LogP contribution is 2.35. The number of fused-ring (bicyclic) bond motifs is 1. The summed E-state index contributed by atoms with van der Waals surface area (Å²) in [6, 6.07) is 15.4. The minimum absolute atomic E-state index is 0.0258. The second-order valence-electron chi connectivity index (χ2n) is 8.83. The van der Waals surface area contributed by atoms with E-state index >= 15 is 0 Å². The predicted molar refractivity (Wildman–Crippen MR) is 123 cm³/mol. The second kappa shape index (κ2) is 8.96. The van der Waals surface area contributed by atoms with Crippen LogP contribution in [0.5, 0.6) is 5.75 Å². The molecule has 2 amide bonds. The third-order valence-electron chi connectivity index (χ3n) is 6.53. The van der Waals surface area contributed by atoms with Crippen molar-refractivity contribution in [2.75, 3.05) is 11.4 Å². The van der Waals surface area contributed by atoms with Gasteiger partial charge in [-0.15, -0.1) is 0 Å². The van der Waals surface area contributed by atoms with Crippen molar-refractivity contribution < 1.29 is 14.3 Å². The highest BCUT2D eigenvalue weighted by Gasteiger charge is 2.33. The summed E-state index contributed by atoms with van der Waals surface area (Å²) in [4.78, 5) is 27.7.